The number of amides is 1. The lowest BCUT2D eigenvalue weighted by molar-refractivity contribution is -0.193. The van der Waals surface area contributed by atoms with Gasteiger partial charge in [-0.2, -0.15) is 8.78 Å². The normalized spacial score (nSPS) is 17.4. The molecular weight excluding hydrogens is 352 g/mol. The van der Waals surface area contributed by atoms with Gasteiger partial charge in [-0.15, -0.1) is 11.3 Å². The molecule has 0 saturated carbocycles. The summed E-state index contributed by atoms with van der Waals surface area (Å²) in [5, 5.41) is 11.7. The molecule has 0 fully saturated rings. The molecule has 130 valence electrons. The number of ether oxygens (including phenoxy) is 1. The van der Waals surface area contributed by atoms with Crippen LogP contribution in [0.25, 0.3) is 4.96 Å². The number of para-hydroxylation sites is 1. The number of carbonyl (C=O) groups is 1. The van der Waals surface area contributed by atoms with E-state index >= 15 is 0 Å². The third kappa shape index (κ3) is 2.56. The Morgan fingerprint density at radius 1 is 1.44 bits per heavy atom. The van der Waals surface area contributed by atoms with E-state index in [1.807, 2.05) is 5.38 Å². The van der Waals surface area contributed by atoms with E-state index in [0.29, 0.717) is 10.7 Å². The van der Waals surface area contributed by atoms with Crippen LogP contribution in [0, 0.1) is 0 Å². The van der Waals surface area contributed by atoms with Crippen LogP contribution in [0.15, 0.2) is 36.0 Å². The van der Waals surface area contributed by atoms with E-state index in [9.17, 15) is 18.7 Å². The highest BCUT2D eigenvalue weighted by molar-refractivity contribution is 7.15. The number of aliphatic hydroxyl groups is 1. The van der Waals surface area contributed by atoms with E-state index in [1.54, 1.807) is 22.9 Å². The number of anilines is 1. The average Bonchev–Trinajstić information content (AvgIpc) is 3.12. The number of aromatic nitrogens is 2. The Kier molecular flexibility index (Phi) is 3.51. The number of hydrogen-bond acceptors (Lipinski definition) is 5. The summed E-state index contributed by atoms with van der Waals surface area (Å²) < 4.78 is 34.6. The zero-order valence-corrected chi connectivity index (χ0v) is 13.8. The van der Waals surface area contributed by atoms with E-state index in [0.717, 1.165) is 4.90 Å². The monoisotopic (exact) mass is 365 g/mol. The quantitative estimate of drug-likeness (QED) is 0.775. The molecule has 1 unspecified atom stereocenters. The van der Waals surface area contributed by atoms with Crippen molar-refractivity contribution >= 4 is 27.9 Å². The third-order valence-electron chi connectivity index (χ3n) is 3.95. The van der Waals surface area contributed by atoms with Crippen molar-refractivity contribution < 1.29 is 23.4 Å². The van der Waals surface area contributed by atoms with Crippen molar-refractivity contribution in [2.75, 3.05) is 4.90 Å². The summed E-state index contributed by atoms with van der Waals surface area (Å²) in [5.74, 6) is -1.65. The SMILES string of the molecule is CC(O)c1cccc2c1OC(F)(F)C(=O)N2Cc1cn2ccsc2n1. The van der Waals surface area contributed by atoms with Crippen LogP contribution in [0.2, 0.25) is 0 Å². The summed E-state index contributed by atoms with van der Waals surface area (Å²) in [4.78, 5) is 18.2. The summed E-state index contributed by atoms with van der Waals surface area (Å²) in [7, 11) is 0. The highest BCUT2D eigenvalue weighted by Gasteiger charge is 2.51. The first kappa shape index (κ1) is 16.0. The molecule has 4 rings (SSSR count). The largest absolute Gasteiger partial charge is 0.483 e. The number of halogens is 2. The number of imidazole rings is 1. The molecule has 1 amide bonds. The van der Waals surface area contributed by atoms with Crippen LogP contribution in [0.4, 0.5) is 14.5 Å². The second kappa shape index (κ2) is 5.50. The lowest BCUT2D eigenvalue weighted by Crippen LogP contribution is -2.50. The van der Waals surface area contributed by atoms with Gasteiger partial charge in [-0.25, -0.2) is 4.98 Å². The zero-order valence-electron chi connectivity index (χ0n) is 13.0. The van der Waals surface area contributed by atoms with E-state index in [-0.39, 0.29) is 23.5 Å². The predicted octanol–water partition coefficient (Wildman–Crippen LogP) is 2.97. The Morgan fingerprint density at radius 2 is 2.24 bits per heavy atom. The maximum absolute atomic E-state index is 14.1. The maximum atomic E-state index is 14.1. The summed E-state index contributed by atoms with van der Waals surface area (Å²) >= 11 is 1.41. The minimum atomic E-state index is -4.00. The van der Waals surface area contributed by atoms with Gasteiger partial charge >= 0.3 is 12.0 Å². The van der Waals surface area contributed by atoms with Crippen LogP contribution in [0.3, 0.4) is 0 Å². The third-order valence-corrected chi connectivity index (χ3v) is 4.72. The molecule has 1 aromatic carbocycles. The molecule has 1 N–H and O–H groups in total. The van der Waals surface area contributed by atoms with Crippen molar-refractivity contribution in [3.05, 3.63) is 47.2 Å². The van der Waals surface area contributed by atoms with E-state index < -0.39 is 18.1 Å². The minimum absolute atomic E-state index is 0.123. The Labute approximate surface area is 144 Å². The molecule has 3 aromatic rings. The fourth-order valence-corrected chi connectivity index (χ4v) is 3.52. The molecule has 6 nitrogen and oxygen atoms in total. The zero-order chi connectivity index (χ0) is 17.8. The van der Waals surface area contributed by atoms with Crippen LogP contribution in [0.5, 0.6) is 5.75 Å². The lowest BCUT2D eigenvalue weighted by Gasteiger charge is -2.34. The summed E-state index contributed by atoms with van der Waals surface area (Å²) in [5.41, 5.74) is 0.859. The van der Waals surface area contributed by atoms with Crippen molar-refractivity contribution in [3.63, 3.8) is 0 Å². The van der Waals surface area contributed by atoms with Crippen molar-refractivity contribution in [1.29, 1.82) is 0 Å². The highest BCUT2D eigenvalue weighted by atomic mass is 32.1. The fraction of sp³-hybridized carbons (Fsp3) is 0.250. The second-order valence-corrected chi connectivity index (χ2v) is 6.58. The molecule has 1 aliphatic heterocycles. The highest BCUT2D eigenvalue weighted by Crippen LogP contribution is 2.44. The molecule has 0 radical (unpaired) electrons. The van der Waals surface area contributed by atoms with Crippen molar-refractivity contribution in [3.8, 4) is 5.75 Å². The van der Waals surface area contributed by atoms with Crippen molar-refractivity contribution in [2.24, 2.45) is 0 Å². The van der Waals surface area contributed by atoms with Crippen LogP contribution < -0.4 is 9.64 Å². The standard InChI is InChI=1S/C16H13F2N3O3S/c1-9(22)11-3-2-4-12-13(11)24-16(17,18)14(23)21(12)8-10-7-20-5-6-25-15(20)19-10/h2-7,9,22H,8H2,1H3. The van der Waals surface area contributed by atoms with E-state index in [1.165, 1.54) is 30.4 Å². The number of rotatable bonds is 3. The first-order valence-corrected chi connectivity index (χ1v) is 8.35. The number of benzene rings is 1. The number of nitrogens with zero attached hydrogens (tertiary/aromatic N) is 3. The van der Waals surface area contributed by atoms with E-state index in [2.05, 4.69) is 9.72 Å². The minimum Gasteiger partial charge on any atom is -0.423 e. The molecule has 9 heteroatoms. The first-order chi connectivity index (χ1) is 11.9. The molecule has 0 bridgehead atoms. The van der Waals surface area contributed by atoms with Gasteiger partial charge in [0, 0.05) is 23.3 Å². The average molecular weight is 365 g/mol. The number of thiazole rings is 1. The van der Waals surface area contributed by atoms with Gasteiger partial charge in [-0.05, 0) is 13.0 Å². The number of carbonyl (C=O) groups excluding carboxylic acids is 1. The Hall–Kier alpha value is -2.52. The van der Waals surface area contributed by atoms with Gasteiger partial charge in [0.2, 0.25) is 0 Å². The molecule has 2 aromatic heterocycles. The van der Waals surface area contributed by atoms with Gasteiger partial charge in [-0.3, -0.25) is 14.1 Å². The summed E-state index contributed by atoms with van der Waals surface area (Å²) in [6.07, 6.45) is -1.54. The second-order valence-electron chi connectivity index (χ2n) is 5.71. The smallest absolute Gasteiger partial charge is 0.423 e. The van der Waals surface area contributed by atoms with Gasteiger partial charge in [0.25, 0.3) is 0 Å². The first-order valence-electron chi connectivity index (χ1n) is 7.47. The predicted molar refractivity (Wildman–Crippen MR) is 86.9 cm³/mol. The Bertz CT molecular complexity index is 938. The Balaban J connectivity index is 1.79. The molecule has 3 heterocycles. The van der Waals surface area contributed by atoms with E-state index in [4.69, 9.17) is 0 Å². The van der Waals surface area contributed by atoms with Crippen LogP contribution in [-0.4, -0.2) is 26.5 Å². The van der Waals surface area contributed by atoms with Crippen LogP contribution in [-0.2, 0) is 11.3 Å². The molecule has 0 saturated heterocycles. The fourth-order valence-electron chi connectivity index (χ4n) is 2.80. The van der Waals surface area contributed by atoms with Crippen molar-refractivity contribution in [2.45, 2.75) is 25.7 Å². The maximum Gasteiger partial charge on any atom is 0.483 e. The topological polar surface area (TPSA) is 67.1 Å². The van der Waals surface area contributed by atoms with Gasteiger partial charge in [0.15, 0.2) is 10.7 Å². The van der Waals surface area contributed by atoms with Gasteiger partial charge < -0.3 is 9.84 Å². The number of hydrogen-bond donors (Lipinski definition) is 1. The van der Waals surface area contributed by atoms with Gasteiger partial charge in [-0.1, -0.05) is 12.1 Å². The van der Waals surface area contributed by atoms with Gasteiger partial charge in [0.05, 0.1) is 24.0 Å². The lowest BCUT2D eigenvalue weighted by atomic mass is 10.1. The molecular formula is C16H13F2N3O3S. The van der Waals surface area contributed by atoms with Crippen molar-refractivity contribution in [1.82, 2.24) is 9.38 Å². The van der Waals surface area contributed by atoms with Gasteiger partial charge in [0.1, 0.15) is 0 Å². The summed E-state index contributed by atoms with van der Waals surface area (Å²) in [6, 6.07) is 4.58. The Morgan fingerprint density at radius 3 is 2.96 bits per heavy atom. The molecule has 1 atom stereocenters. The molecule has 1 aliphatic rings. The molecule has 25 heavy (non-hydrogen) atoms. The molecule has 0 spiro atoms. The summed E-state index contributed by atoms with van der Waals surface area (Å²) in [6.45, 7) is 1.32. The number of aliphatic hydroxyl groups excluding tert-OH is 1. The number of fused-ring (bicyclic) bond motifs is 2. The van der Waals surface area contributed by atoms with Crippen LogP contribution >= 0.6 is 11.3 Å². The number of alkyl halides is 2. The van der Waals surface area contributed by atoms with Crippen LogP contribution in [0.1, 0.15) is 24.3 Å². The molecule has 0 aliphatic carbocycles.